The van der Waals surface area contributed by atoms with Crippen LogP contribution in [0.2, 0.25) is 0 Å². The molecule has 3 rings (SSSR count). The van der Waals surface area contributed by atoms with Crippen LogP contribution in [0.5, 0.6) is 0 Å². The predicted molar refractivity (Wildman–Crippen MR) is 89.7 cm³/mol. The average Bonchev–Trinajstić information content (AvgIpc) is 3.03. The first-order chi connectivity index (χ1) is 11.6. The molecular formula is C16H25N7O. The lowest BCUT2D eigenvalue weighted by Crippen LogP contribution is -2.29. The van der Waals surface area contributed by atoms with Gasteiger partial charge in [-0.15, -0.1) is 10.2 Å². The van der Waals surface area contributed by atoms with Crippen LogP contribution < -0.4 is 10.6 Å². The molecule has 2 aromatic rings. The van der Waals surface area contributed by atoms with Gasteiger partial charge in [0.1, 0.15) is 5.82 Å². The summed E-state index contributed by atoms with van der Waals surface area (Å²) < 4.78 is 3.93. The highest BCUT2D eigenvalue weighted by Crippen LogP contribution is 2.15. The number of fused-ring (bicyclic) bond motifs is 1. The molecule has 130 valence electrons. The summed E-state index contributed by atoms with van der Waals surface area (Å²) in [6.07, 6.45) is 3.66. The fraction of sp³-hybridized carbons (Fsp3) is 0.625. The van der Waals surface area contributed by atoms with Crippen molar-refractivity contribution in [3.8, 4) is 0 Å². The molecule has 0 saturated heterocycles. The van der Waals surface area contributed by atoms with Gasteiger partial charge in [-0.25, -0.2) is 0 Å². The normalized spacial score (nSPS) is 15.6. The van der Waals surface area contributed by atoms with E-state index in [0.29, 0.717) is 5.56 Å². The summed E-state index contributed by atoms with van der Waals surface area (Å²) in [5, 5.41) is 19.3. The Morgan fingerprint density at radius 1 is 1.42 bits per heavy atom. The van der Waals surface area contributed by atoms with Gasteiger partial charge in [-0.1, -0.05) is 6.92 Å². The van der Waals surface area contributed by atoms with Crippen molar-refractivity contribution in [2.75, 3.05) is 13.1 Å². The van der Waals surface area contributed by atoms with Gasteiger partial charge in [0.2, 0.25) is 0 Å². The van der Waals surface area contributed by atoms with E-state index in [1.165, 1.54) is 0 Å². The summed E-state index contributed by atoms with van der Waals surface area (Å²) >= 11 is 0. The number of hydrogen-bond acceptors (Lipinski definition) is 5. The van der Waals surface area contributed by atoms with Crippen molar-refractivity contribution in [3.63, 3.8) is 0 Å². The minimum Gasteiger partial charge on any atom is -0.342 e. The number of hydrogen-bond donors (Lipinski definition) is 2. The van der Waals surface area contributed by atoms with E-state index < -0.39 is 0 Å². The molecule has 2 N–H and O–H groups in total. The molecular weight excluding hydrogens is 306 g/mol. The van der Waals surface area contributed by atoms with Gasteiger partial charge >= 0.3 is 0 Å². The van der Waals surface area contributed by atoms with E-state index >= 15 is 0 Å². The molecule has 8 heteroatoms. The molecule has 0 saturated carbocycles. The van der Waals surface area contributed by atoms with E-state index in [1.54, 1.807) is 0 Å². The quantitative estimate of drug-likeness (QED) is 0.847. The molecule has 8 nitrogen and oxygen atoms in total. The molecule has 3 heterocycles. The van der Waals surface area contributed by atoms with Crippen molar-refractivity contribution in [1.82, 2.24) is 35.2 Å². The average molecular weight is 331 g/mol. The van der Waals surface area contributed by atoms with Crippen molar-refractivity contribution in [1.29, 1.82) is 0 Å². The summed E-state index contributed by atoms with van der Waals surface area (Å²) in [7, 11) is 0. The van der Waals surface area contributed by atoms with Gasteiger partial charge in [0.25, 0.3) is 5.91 Å². The van der Waals surface area contributed by atoms with Crippen LogP contribution in [0.15, 0.2) is 6.20 Å². The Morgan fingerprint density at radius 2 is 2.25 bits per heavy atom. The molecule has 0 spiro atoms. The molecule has 24 heavy (non-hydrogen) atoms. The minimum absolute atomic E-state index is 0.119. The van der Waals surface area contributed by atoms with Crippen LogP contribution in [0.1, 0.15) is 54.0 Å². The number of carbonyl (C=O) groups excluding carboxylic acids is 1. The minimum atomic E-state index is -0.203. The van der Waals surface area contributed by atoms with E-state index in [-0.39, 0.29) is 11.9 Å². The van der Waals surface area contributed by atoms with Crippen LogP contribution in [-0.4, -0.2) is 43.5 Å². The largest absolute Gasteiger partial charge is 0.342 e. The smallest absolute Gasteiger partial charge is 0.255 e. The number of nitrogens with zero attached hydrogens (tertiary/aromatic N) is 5. The summed E-state index contributed by atoms with van der Waals surface area (Å²) in [4.78, 5) is 12.6. The van der Waals surface area contributed by atoms with Gasteiger partial charge in [-0.3, -0.25) is 9.48 Å². The van der Waals surface area contributed by atoms with Gasteiger partial charge in [0.15, 0.2) is 5.82 Å². The molecule has 1 aliphatic rings. The highest BCUT2D eigenvalue weighted by Gasteiger charge is 2.22. The van der Waals surface area contributed by atoms with Crippen molar-refractivity contribution >= 4 is 5.91 Å². The van der Waals surface area contributed by atoms with Crippen LogP contribution >= 0.6 is 0 Å². The number of aryl methyl sites for hydroxylation is 2. The van der Waals surface area contributed by atoms with Gasteiger partial charge < -0.3 is 15.2 Å². The molecule has 2 aromatic heterocycles. The van der Waals surface area contributed by atoms with Gasteiger partial charge in [-0.2, -0.15) is 5.10 Å². The molecule has 0 aromatic carbocycles. The van der Waals surface area contributed by atoms with Crippen LogP contribution in [0, 0.1) is 6.92 Å². The van der Waals surface area contributed by atoms with E-state index in [2.05, 4.69) is 37.4 Å². The number of carbonyl (C=O) groups is 1. The Labute approximate surface area is 141 Å². The van der Waals surface area contributed by atoms with Crippen LogP contribution in [0.4, 0.5) is 0 Å². The first kappa shape index (κ1) is 16.6. The summed E-state index contributed by atoms with van der Waals surface area (Å²) in [6, 6.07) is -0.203. The maximum atomic E-state index is 12.6. The van der Waals surface area contributed by atoms with E-state index in [1.807, 2.05) is 24.7 Å². The zero-order valence-corrected chi connectivity index (χ0v) is 14.5. The Hall–Kier alpha value is -2.22. The second kappa shape index (κ2) is 7.12. The monoisotopic (exact) mass is 331 g/mol. The lowest BCUT2D eigenvalue weighted by atomic mass is 10.2. The van der Waals surface area contributed by atoms with Crippen LogP contribution in [0.3, 0.4) is 0 Å². The fourth-order valence-corrected chi connectivity index (χ4v) is 3.04. The Morgan fingerprint density at radius 3 is 3.04 bits per heavy atom. The third-order valence-corrected chi connectivity index (χ3v) is 4.27. The van der Waals surface area contributed by atoms with Crippen molar-refractivity contribution in [3.05, 3.63) is 29.1 Å². The van der Waals surface area contributed by atoms with Crippen molar-refractivity contribution in [2.45, 2.75) is 52.7 Å². The summed E-state index contributed by atoms with van der Waals surface area (Å²) in [6.45, 7) is 9.33. The molecule has 0 radical (unpaired) electrons. The maximum absolute atomic E-state index is 12.6. The van der Waals surface area contributed by atoms with Crippen LogP contribution in [-0.2, 0) is 19.5 Å². The number of rotatable bonds is 5. The second-order valence-electron chi connectivity index (χ2n) is 6.21. The first-order valence-corrected chi connectivity index (χ1v) is 8.57. The Balaban J connectivity index is 1.74. The Kier molecular flexibility index (Phi) is 4.94. The second-order valence-corrected chi connectivity index (χ2v) is 6.21. The molecule has 1 amide bonds. The highest BCUT2D eigenvalue weighted by atomic mass is 16.1. The molecule has 0 aliphatic carbocycles. The molecule has 1 atom stereocenters. The number of nitrogens with one attached hydrogen (secondary N) is 2. The fourth-order valence-electron chi connectivity index (χ4n) is 3.04. The molecule has 1 aliphatic heterocycles. The van der Waals surface area contributed by atoms with E-state index in [0.717, 1.165) is 56.4 Å². The molecule has 0 bridgehead atoms. The highest BCUT2D eigenvalue weighted by molar-refractivity contribution is 5.95. The van der Waals surface area contributed by atoms with E-state index in [4.69, 9.17) is 0 Å². The molecule has 0 unspecified atom stereocenters. The topological polar surface area (TPSA) is 89.7 Å². The lowest BCUT2D eigenvalue weighted by molar-refractivity contribution is 0.0937. The zero-order chi connectivity index (χ0) is 17.1. The van der Waals surface area contributed by atoms with Crippen molar-refractivity contribution in [2.24, 2.45) is 0 Å². The van der Waals surface area contributed by atoms with E-state index in [9.17, 15) is 4.79 Å². The van der Waals surface area contributed by atoms with Crippen molar-refractivity contribution < 1.29 is 4.79 Å². The van der Waals surface area contributed by atoms with Gasteiger partial charge in [0, 0.05) is 38.8 Å². The maximum Gasteiger partial charge on any atom is 0.255 e. The Bertz CT molecular complexity index is 718. The number of amides is 1. The molecule has 0 fully saturated rings. The summed E-state index contributed by atoms with van der Waals surface area (Å²) in [5.41, 5.74) is 1.37. The first-order valence-electron chi connectivity index (χ1n) is 8.57. The van der Waals surface area contributed by atoms with Gasteiger partial charge in [-0.05, 0) is 20.3 Å². The third-order valence-electron chi connectivity index (χ3n) is 4.27. The van der Waals surface area contributed by atoms with Crippen LogP contribution in [0.25, 0.3) is 0 Å². The van der Waals surface area contributed by atoms with Gasteiger partial charge in [0.05, 0.1) is 17.3 Å². The summed E-state index contributed by atoms with van der Waals surface area (Å²) in [5.74, 6) is 1.66. The standard InChI is InChI=1S/C16H25N7O/c1-4-8-22-10-13(11(2)21-22)16(24)18-12(3)15-20-19-14-5-6-17-7-9-23(14)15/h10,12,17H,4-9H2,1-3H3,(H,18,24)/t12-/m0/s1. The zero-order valence-electron chi connectivity index (χ0n) is 14.5. The SMILES string of the molecule is CCCn1cc(C(=O)N[C@@H](C)c2nnc3n2CCNCC3)c(C)n1. The number of aromatic nitrogens is 5. The third kappa shape index (κ3) is 3.33. The predicted octanol–water partition coefficient (Wildman–Crippen LogP) is 0.830. The lowest BCUT2D eigenvalue weighted by Gasteiger charge is -2.15.